The van der Waals surface area contributed by atoms with Gasteiger partial charge in [-0.15, -0.1) is 13.2 Å². The first kappa shape index (κ1) is 19.4. The summed E-state index contributed by atoms with van der Waals surface area (Å²) in [4.78, 5) is 0.505. The molecule has 3 nitrogen and oxygen atoms in total. The van der Waals surface area contributed by atoms with Crippen molar-refractivity contribution in [3.05, 3.63) is 34.7 Å². The molecule has 1 unspecified atom stereocenters. The van der Waals surface area contributed by atoms with Gasteiger partial charge in [-0.3, -0.25) is 0 Å². The zero-order chi connectivity index (χ0) is 17.1. The maximum Gasteiger partial charge on any atom is 0.600 e. The molecule has 1 aromatic heterocycles. The Labute approximate surface area is 134 Å². The maximum absolute atomic E-state index is 13.3. The molecule has 0 bridgehead atoms. The van der Waals surface area contributed by atoms with E-state index in [2.05, 4.69) is 0 Å². The van der Waals surface area contributed by atoms with E-state index in [1.54, 1.807) is 12.1 Å². The average Bonchev–Trinajstić information content (AvgIpc) is 2.76. The first-order valence-corrected chi connectivity index (χ1v) is 9.63. The Hall–Kier alpha value is -0.670. The van der Waals surface area contributed by atoms with Crippen LogP contribution in [0.5, 0.6) is 0 Å². The summed E-state index contributed by atoms with van der Waals surface area (Å²) in [5, 5.41) is 0.733. The minimum atomic E-state index is -4.17. The third-order valence-electron chi connectivity index (χ3n) is 3.04. The van der Waals surface area contributed by atoms with Crippen LogP contribution in [0.4, 0.5) is 13.2 Å². The second-order valence-corrected chi connectivity index (χ2v) is 7.65. The summed E-state index contributed by atoms with van der Waals surface area (Å²) >= 11 is -3.65. The Balaban J connectivity index is 0.000000541. The van der Waals surface area contributed by atoms with Gasteiger partial charge >= 0.3 is 5.51 Å². The van der Waals surface area contributed by atoms with Gasteiger partial charge in [-0.25, -0.2) is 0 Å². The summed E-state index contributed by atoms with van der Waals surface area (Å²) in [7, 11) is -1.74. The van der Waals surface area contributed by atoms with Crippen molar-refractivity contribution in [3.8, 4) is 0 Å². The summed E-state index contributed by atoms with van der Waals surface area (Å²) in [6.07, 6.45) is 0.763. The second kappa shape index (κ2) is 7.74. The van der Waals surface area contributed by atoms with E-state index in [9.17, 15) is 13.2 Å². The fourth-order valence-corrected chi connectivity index (χ4v) is 4.21. The summed E-state index contributed by atoms with van der Waals surface area (Å²) in [5.41, 5.74) is -3.21. The van der Waals surface area contributed by atoms with Gasteiger partial charge < -0.3 is 12.6 Å². The quantitative estimate of drug-likeness (QED) is 0.725. The van der Waals surface area contributed by atoms with Gasteiger partial charge in [0.2, 0.25) is 14.8 Å². The van der Waals surface area contributed by atoms with Gasteiger partial charge in [0.1, 0.15) is 0 Å². The van der Waals surface area contributed by atoms with E-state index in [0.717, 1.165) is 17.4 Å². The third kappa shape index (κ3) is 4.92. The normalized spacial score (nSPS) is 12.8. The standard InChI is InChI=1S/C14H16F3S.BrO3/c1-4-10-5-6-11-8-12(9(2)3)18(13(11)7-10)14(15,16)17;2-1(3)4/h5-9H,4H2,1-3H3;/q+1;-1. The van der Waals surface area contributed by atoms with E-state index < -0.39 is 30.8 Å². The third-order valence-corrected chi connectivity index (χ3v) is 5.36. The van der Waals surface area contributed by atoms with Gasteiger partial charge in [0.25, 0.3) is 0 Å². The van der Waals surface area contributed by atoms with Gasteiger partial charge in [-0.2, -0.15) is 0 Å². The number of fused-ring (bicyclic) bond motifs is 1. The van der Waals surface area contributed by atoms with E-state index in [4.69, 9.17) is 12.6 Å². The van der Waals surface area contributed by atoms with Crippen LogP contribution < -0.4 is 12.6 Å². The van der Waals surface area contributed by atoms with Crippen LogP contribution in [0.15, 0.2) is 24.3 Å². The molecular weight excluding hydrogens is 385 g/mol. The highest BCUT2D eigenvalue weighted by Crippen LogP contribution is 2.53. The molecule has 0 fully saturated rings. The highest BCUT2D eigenvalue weighted by Gasteiger charge is 2.48. The van der Waals surface area contributed by atoms with E-state index in [-0.39, 0.29) is 5.92 Å². The van der Waals surface area contributed by atoms with Crippen LogP contribution in [0.2, 0.25) is 0 Å². The Morgan fingerprint density at radius 2 is 1.68 bits per heavy atom. The number of alkyl halides is 3. The molecular formula is C14H16BrF3O3S. The van der Waals surface area contributed by atoms with Gasteiger partial charge in [0.15, 0.2) is 9.58 Å². The van der Waals surface area contributed by atoms with Gasteiger partial charge in [-0.1, -0.05) is 26.8 Å². The van der Waals surface area contributed by atoms with Crippen molar-refractivity contribution in [1.29, 1.82) is 0 Å². The molecule has 2 aromatic rings. The molecule has 1 heterocycles. The van der Waals surface area contributed by atoms with Crippen LogP contribution in [0.1, 0.15) is 37.1 Å². The van der Waals surface area contributed by atoms with Crippen LogP contribution in [-0.4, -0.2) is 0 Å². The van der Waals surface area contributed by atoms with Crippen molar-refractivity contribution in [2.45, 2.75) is 38.6 Å². The predicted octanol–water partition coefficient (Wildman–Crippen LogP) is 2.18. The largest absolute Gasteiger partial charge is 0.600 e. The molecule has 0 radical (unpaired) electrons. The molecule has 1 atom stereocenters. The molecule has 0 saturated heterocycles. The summed E-state index contributed by atoms with van der Waals surface area (Å²) in [5.74, 6) is -0.0764. The van der Waals surface area contributed by atoms with Crippen molar-refractivity contribution in [2.75, 3.05) is 0 Å². The molecule has 0 aliphatic rings. The van der Waals surface area contributed by atoms with Crippen molar-refractivity contribution < 1.29 is 40.6 Å². The Morgan fingerprint density at radius 1 is 1.14 bits per heavy atom. The molecule has 0 amide bonds. The monoisotopic (exact) mass is 400 g/mol. The smallest absolute Gasteiger partial charge is 0.405 e. The molecule has 8 heteroatoms. The molecule has 22 heavy (non-hydrogen) atoms. The lowest BCUT2D eigenvalue weighted by Crippen LogP contribution is -2.42. The molecule has 0 aliphatic heterocycles. The first-order chi connectivity index (χ1) is 10.1. The van der Waals surface area contributed by atoms with Crippen LogP contribution >= 0.6 is 10.5 Å². The zero-order valence-electron chi connectivity index (χ0n) is 12.2. The molecule has 1 aromatic carbocycles. The van der Waals surface area contributed by atoms with E-state index >= 15 is 0 Å². The maximum atomic E-state index is 13.3. The number of thiophene rings is 1. The highest BCUT2D eigenvalue weighted by atomic mass is 80.0. The van der Waals surface area contributed by atoms with Gasteiger partial charge in [-0.05, 0) is 18.1 Å². The zero-order valence-corrected chi connectivity index (χ0v) is 14.6. The topological polar surface area (TPSA) is 69.2 Å². The number of halogens is 4. The van der Waals surface area contributed by atoms with Crippen LogP contribution in [0.25, 0.3) is 10.1 Å². The summed E-state index contributed by atoms with van der Waals surface area (Å²) in [6, 6.07) is 7.17. The van der Waals surface area contributed by atoms with Gasteiger partial charge in [0, 0.05) is 23.4 Å². The van der Waals surface area contributed by atoms with Crippen molar-refractivity contribution in [1.82, 2.24) is 0 Å². The Kier molecular flexibility index (Phi) is 6.82. The predicted molar refractivity (Wildman–Crippen MR) is 71.2 cm³/mol. The van der Waals surface area contributed by atoms with E-state index in [1.807, 2.05) is 32.9 Å². The lowest BCUT2D eigenvalue weighted by molar-refractivity contribution is -1.73. The lowest BCUT2D eigenvalue weighted by Gasteiger charge is -2.02. The summed E-state index contributed by atoms with van der Waals surface area (Å²) in [6.45, 7) is 5.60. The molecule has 0 aliphatic carbocycles. The van der Waals surface area contributed by atoms with Crippen LogP contribution in [-0.2, 0) is 11.9 Å². The number of rotatable bonds is 2. The molecule has 2 rings (SSSR count). The SMILES string of the molecule is CCc1ccc2cc(C(C)C)[s+](C(F)(F)F)c2c1.[O-][Br+2]([O-])[O-]. The van der Waals surface area contributed by atoms with Crippen molar-refractivity contribution in [3.63, 3.8) is 0 Å². The summed E-state index contributed by atoms with van der Waals surface area (Å²) < 4.78 is 65.8. The number of aryl methyl sites for hydroxylation is 1. The fraction of sp³-hybridized carbons (Fsp3) is 0.429. The highest BCUT2D eigenvalue weighted by molar-refractivity contribution is 7.38. The van der Waals surface area contributed by atoms with Crippen LogP contribution in [0.3, 0.4) is 0 Å². The van der Waals surface area contributed by atoms with Gasteiger partial charge in [0.05, 0.1) is 10.5 Å². The molecule has 0 saturated carbocycles. The molecule has 124 valence electrons. The fourth-order valence-electron chi connectivity index (χ4n) is 2.09. The van der Waals surface area contributed by atoms with Crippen molar-refractivity contribution in [2.24, 2.45) is 0 Å². The number of hydrogen-bond acceptors (Lipinski definition) is 3. The minimum absolute atomic E-state index is 0.0764. The van der Waals surface area contributed by atoms with Crippen molar-refractivity contribution >= 4 is 20.6 Å². The Morgan fingerprint density at radius 3 is 2.09 bits per heavy atom. The average molecular weight is 401 g/mol. The minimum Gasteiger partial charge on any atom is -0.405 e. The second-order valence-electron chi connectivity index (χ2n) is 4.87. The van der Waals surface area contributed by atoms with Crippen LogP contribution in [0, 0.1) is 14.8 Å². The Bertz CT molecular complexity index is 621. The molecule has 0 spiro atoms. The first-order valence-electron chi connectivity index (χ1n) is 6.46. The van der Waals surface area contributed by atoms with E-state index in [1.165, 1.54) is 0 Å². The molecule has 0 N–H and O–H groups in total. The number of hydrogen-bond donors (Lipinski definition) is 0. The number of benzene rings is 1. The lowest BCUT2D eigenvalue weighted by atomic mass is 10.1. The van der Waals surface area contributed by atoms with E-state index in [0.29, 0.717) is 9.58 Å².